The van der Waals surface area contributed by atoms with Gasteiger partial charge < -0.3 is 15.5 Å². The van der Waals surface area contributed by atoms with Crippen LogP contribution in [0.1, 0.15) is 56.6 Å². The number of halogens is 1. The molecule has 154 valence electrons. The van der Waals surface area contributed by atoms with Crippen LogP contribution in [0.15, 0.2) is 47.6 Å². The SMILES string of the molecule is CN(C(=O)N1CCC2=C(C=CC3(CCC3)C2)[C@@H]1c1ccc(F)cc1)[C@H]1C[C@H](N)C1. The van der Waals surface area contributed by atoms with Gasteiger partial charge in [0.05, 0.1) is 6.04 Å². The van der Waals surface area contributed by atoms with Gasteiger partial charge in [-0.2, -0.15) is 0 Å². The molecule has 2 saturated carbocycles. The van der Waals surface area contributed by atoms with Crippen molar-refractivity contribution in [3.63, 3.8) is 0 Å². The van der Waals surface area contributed by atoms with E-state index in [0.29, 0.717) is 12.0 Å². The van der Waals surface area contributed by atoms with Crippen LogP contribution in [-0.4, -0.2) is 41.5 Å². The summed E-state index contributed by atoms with van der Waals surface area (Å²) in [5.74, 6) is -0.246. The number of nitrogens with zero attached hydrogens (tertiary/aromatic N) is 2. The molecule has 0 bridgehead atoms. The van der Waals surface area contributed by atoms with E-state index in [0.717, 1.165) is 31.2 Å². The normalized spacial score (nSPS) is 29.9. The molecule has 1 atom stereocenters. The van der Waals surface area contributed by atoms with Crippen molar-refractivity contribution in [3.8, 4) is 0 Å². The molecule has 1 aromatic carbocycles. The molecule has 1 heterocycles. The highest BCUT2D eigenvalue weighted by atomic mass is 19.1. The summed E-state index contributed by atoms with van der Waals surface area (Å²) in [6, 6.07) is 7.01. The molecule has 0 unspecified atom stereocenters. The highest BCUT2D eigenvalue weighted by Crippen LogP contribution is 2.53. The van der Waals surface area contributed by atoms with Gasteiger partial charge in [-0.1, -0.05) is 36.3 Å². The molecule has 0 aromatic heterocycles. The Kier molecular flexibility index (Phi) is 4.54. The second-order valence-corrected chi connectivity index (χ2v) is 9.46. The molecule has 5 heteroatoms. The molecule has 4 nitrogen and oxygen atoms in total. The van der Waals surface area contributed by atoms with Crippen molar-refractivity contribution >= 4 is 6.03 Å². The zero-order valence-electron chi connectivity index (χ0n) is 17.1. The van der Waals surface area contributed by atoms with E-state index in [1.165, 1.54) is 42.5 Å². The number of nitrogens with two attached hydrogens (primary N) is 1. The van der Waals surface area contributed by atoms with E-state index in [-0.39, 0.29) is 30.0 Å². The summed E-state index contributed by atoms with van der Waals surface area (Å²) in [5.41, 5.74) is 10.0. The molecule has 0 radical (unpaired) electrons. The number of allylic oxidation sites excluding steroid dienone is 1. The van der Waals surface area contributed by atoms with Crippen LogP contribution in [0.5, 0.6) is 0 Å². The smallest absolute Gasteiger partial charge is 0.320 e. The molecule has 29 heavy (non-hydrogen) atoms. The van der Waals surface area contributed by atoms with Crippen molar-refractivity contribution in [2.45, 2.75) is 63.1 Å². The van der Waals surface area contributed by atoms with E-state index in [1.807, 2.05) is 29.0 Å². The molecule has 5 rings (SSSR count). The third-order valence-corrected chi connectivity index (χ3v) is 7.63. The molecule has 3 aliphatic carbocycles. The van der Waals surface area contributed by atoms with Crippen LogP contribution in [0.2, 0.25) is 0 Å². The third kappa shape index (κ3) is 3.20. The monoisotopic (exact) mass is 395 g/mol. The Morgan fingerprint density at radius 1 is 1.24 bits per heavy atom. The van der Waals surface area contributed by atoms with Crippen LogP contribution in [0, 0.1) is 11.2 Å². The fraction of sp³-hybridized carbons (Fsp3) is 0.542. The van der Waals surface area contributed by atoms with Gasteiger partial charge in [0.15, 0.2) is 0 Å². The average molecular weight is 396 g/mol. The fourth-order valence-corrected chi connectivity index (χ4v) is 5.53. The molecule has 1 aliphatic heterocycles. The van der Waals surface area contributed by atoms with Crippen molar-refractivity contribution in [3.05, 3.63) is 58.9 Å². The van der Waals surface area contributed by atoms with Gasteiger partial charge in [-0.05, 0) is 67.2 Å². The summed E-state index contributed by atoms with van der Waals surface area (Å²) in [4.78, 5) is 17.3. The molecule has 2 N–H and O–H groups in total. The summed E-state index contributed by atoms with van der Waals surface area (Å²) in [5, 5.41) is 0. The largest absolute Gasteiger partial charge is 0.328 e. The number of carbonyl (C=O) groups excluding carboxylic acids is 1. The summed E-state index contributed by atoms with van der Waals surface area (Å²) in [7, 11) is 1.89. The summed E-state index contributed by atoms with van der Waals surface area (Å²) < 4.78 is 13.6. The highest BCUT2D eigenvalue weighted by Gasteiger charge is 2.43. The first-order valence-electron chi connectivity index (χ1n) is 10.9. The van der Waals surface area contributed by atoms with Gasteiger partial charge in [-0.3, -0.25) is 0 Å². The van der Waals surface area contributed by atoms with Gasteiger partial charge in [0.2, 0.25) is 0 Å². The number of amides is 2. The Bertz CT molecular complexity index is 865. The van der Waals surface area contributed by atoms with E-state index < -0.39 is 0 Å². The van der Waals surface area contributed by atoms with Gasteiger partial charge in [0.1, 0.15) is 5.82 Å². The van der Waals surface area contributed by atoms with Crippen molar-refractivity contribution in [1.29, 1.82) is 0 Å². The van der Waals surface area contributed by atoms with Crippen LogP contribution in [0.25, 0.3) is 0 Å². The van der Waals surface area contributed by atoms with Gasteiger partial charge in [0.25, 0.3) is 0 Å². The quantitative estimate of drug-likeness (QED) is 0.799. The minimum atomic E-state index is -0.246. The molecule has 1 spiro atoms. The average Bonchev–Trinajstić information content (AvgIpc) is 2.68. The third-order valence-electron chi connectivity index (χ3n) is 7.63. The second-order valence-electron chi connectivity index (χ2n) is 9.46. The molecule has 2 amide bonds. The Balaban J connectivity index is 1.47. The first-order chi connectivity index (χ1) is 14.0. The Morgan fingerprint density at radius 2 is 1.97 bits per heavy atom. The Labute approximate surface area is 172 Å². The van der Waals surface area contributed by atoms with Crippen LogP contribution < -0.4 is 5.73 Å². The zero-order valence-corrected chi connectivity index (χ0v) is 17.1. The van der Waals surface area contributed by atoms with Crippen molar-refractivity contribution < 1.29 is 9.18 Å². The van der Waals surface area contributed by atoms with Crippen LogP contribution in [-0.2, 0) is 0 Å². The van der Waals surface area contributed by atoms with Crippen LogP contribution in [0.4, 0.5) is 9.18 Å². The maximum absolute atomic E-state index is 13.6. The van der Waals surface area contributed by atoms with Gasteiger partial charge in [-0.25, -0.2) is 9.18 Å². The van der Waals surface area contributed by atoms with E-state index in [1.54, 1.807) is 0 Å². The molecule has 2 fully saturated rings. The Morgan fingerprint density at radius 3 is 2.59 bits per heavy atom. The van der Waals surface area contributed by atoms with Gasteiger partial charge >= 0.3 is 6.03 Å². The van der Waals surface area contributed by atoms with Crippen molar-refractivity contribution in [2.24, 2.45) is 11.1 Å². The predicted octanol–water partition coefficient (Wildman–Crippen LogP) is 4.54. The first kappa shape index (κ1) is 18.9. The van der Waals surface area contributed by atoms with Crippen molar-refractivity contribution in [2.75, 3.05) is 13.6 Å². The summed E-state index contributed by atoms with van der Waals surface area (Å²) in [6.07, 6.45) is 12.3. The molecular weight excluding hydrogens is 365 g/mol. The summed E-state index contributed by atoms with van der Waals surface area (Å²) in [6.45, 7) is 0.715. The second kappa shape index (κ2) is 6.98. The first-order valence-corrected chi connectivity index (χ1v) is 10.9. The number of rotatable bonds is 2. The van der Waals surface area contributed by atoms with E-state index in [9.17, 15) is 9.18 Å². The Hall–Kier alpha value is -2.14. The minimum Gasteiger partial charge on any atom is -0.328 e. The van der Waals surface area contributed by atoms with Gasteiger partial charge in [-0.15, -0.1) is 0 Å². The summed E-state index contributed by atoms with van der Waals surface area (Å²) >= 11 is 0. The fourth-order valence-electron chi connectivity index (χ4n) is 5.53. The predicted molar refractivity (Wildman–Crippen MR) is 112 cm³/mol. The maximum atomic E-state index is 13.6. The number of benzene rings is 1. The topological polar surface area (TPSA) is 49.6 Å². The van der Waals surface area contributed by atoms with E-state index in [4.69, 9.17) is 5.73 Å². The minimum absolute atomic E-state index is 0.0557. The van der Waals surface area contributed by atoms with E-state index in [2.05, 4.69) is 12.2 Å². The zero-order chi connectivity index (χ0) is 20.2. The van der Waals surface area contributed by atoms with E-state index >= 15 is 0 Å². The molecule has 4 aliphatic rings. The number of carbonyl (C=O) groups is 1. The van der Waals surface area contributed by atoms with Crippen LogP contribution >= 0.6 is 0 Å². The lowest BCUT2D eigenvalue weighted by Gasteiger charge is -2.48. The standard InChI is InChI=1S/C24H30FN3O/c1-27(20-13-19(26)14-20)23(29)28-12-8-17-15-24(9-2-10-24)11-7-21(17)22(28)16-3-5-18(25)6-4-16/h3-7,11,19-20,22H,2,8-10,12-15,26H2,1H3/t19-,20-,22-/m0/s1. The lowest BCUT2D eigenvalue weighted by Crippen LogP contribution is -2.55. The molecule has 1 aromatic rings. The lowest BCUT2D eigenvalue weighted by atomic mass is 9.61. The van der Waals surface area contributed by atoms with Gasteiger partial charge in [0, 0.05) is 25.7 Å². The number of hydrogen-bond acceptors (Lipinski definition) is 2. The molecular formula is C24H30FN3O. The maximum Gasteiger partial charge on any atom is 0.320 e. The number of urea groups is 1. The van der Waals surface area contributed by atoms with Crippen molar-refractivity contribution in [1.82, 2.24) is 9.80 Å². The lowest BCUT2D eigenvalue weighted by molar-refractivity contribution is 0.101. The van der Waals surface area contributed by atoms with Crippen LogP contribution in [0.3, 0.4) is 0 Å². The molecule has 0 saturated heterocycles. The number of hydrogen-bond donors (Lipinski definition) is 1. The highest BCUT2D eigenvalue weighted by molar-refractivity contribution is 5.76.